The lowest BCUT2D eigenvalue weighted by Crippen LogP contribution is -2.51. The highest BCUT2D eigenvalue weighted by molar-refractivity contribution is 4.94. The zero-order valence-corrected chi connectivity index (χ0v) is 13.6. The SMILES string of the molecule is CNC(CCC(C)(C)OC)C1(OC)CCCCCC1. The fourth-order valence-corrected chi connectivity index (χ4v) is 3.29. The first-order valence-electron chi connectivity index (χ1n) is 7.77. The highest BCUT2D eigenvalue weighted by Crippen LogP contribution is 2.35. The van der Waals surface area contributed by atoms with Crippen LogP contribution in [0.15, 0.2) is 0 Å². The van der Waals surface area contributed by atoms with Crippen LogP contribution >= 0.6 is 0 Å². The van der Waals surface area contributed by atoms with Gasteiger partial charge in [0.1, 0.15) is 0 Å². The number of hydrogen-bond acceptors (Lipinski definition) is 3. The maximum Gasteiger partial charge on any atom is 0.0830 e. The Labute approximate surface area is 119 Å². The van der Waals surface area contributed by atoms with E-state index in [2.05, 4.69) is 26.2 Å². The van der Waals surface area contributed by atoms with E-state index in [0.717, 1.165) is 12.8 Å². The molecule has 3 heteroatoms. The number of rotatable bonds is 7. The smallest absolute Gasteiger partial charge is 0.0830 e. The highest BCUT2D eigenvalue weighted by atomic mass is 16.5. The topological polar surface area (TPSA) is 30.5 Å². The van der Waals surface area contributed by atoms with Crippen molar-refractivity contribution in [1.82, 2.24) is 5.32 Å². The monoisotopic (exact) mass is 271 g/mol. The van der Waals surface area contributed by atoms with Crippen molar-refractivity contribution in [2.24, 2.45) is 0 Å². The molecule has 1 atom stereocenters. The third-order valence-electron chi connectivity index (χ3n) is 4.93. The first-order valence-corrected chi connectivity index (χ1v) is 7.77. The van der Waals surface area contributed by atoms with Gasteiger partial charge in [0.05, 0.1) is 11.2 Å². The lowest BCUT2D eigenvalue weighted by atomic mass is 9.82. The Morgan fingerprint density at radius 2 is 1.68 bits per heavy atom. The Morgan fingerprint density at radius 1 is 1.11 bits per heavy atom. The van der Waals surface area contributed by atoms with Crippen LogP contribution < -0.4 is 5.32 Å². The van der Waals surface area contributed by atoms with Crippen molar-refractivity contribution in [2.75, 3.05) is 21.3 Å². The third kappa shape index (κ3) is 4.73. The van der Waals surface area contributed by atoms with Gasteiger partial charge in [0.15, 0.2) is 0 Å². The molecule has 0 spiro atoms. The van der Waals surface area contributed by atoms with Crippen LogP contribution in [0.5, 0.6) is 0 Å². The predicted octanol–water partition coefficient (Wildman–Crippen LogP) is 3.52. The zero-order valence-electron chi connectivity index (χ0n) is 13.6. The van der Waals surface area contributed by atoms with E-state index < -0.39 is 0 Å². The number of likely N-dealkylation sites (N-methyl/N-ethyl adjacent to an activating group) is 1. The normalized spacial score (nSPS) is 21.9. The Balaban J connectivity index is 2.68. The summed E-state index contributed by atoms with van der Waals surface area (Å²) in [7, 11) is 5.75. The van der Waals surface area contributed by atoms with Gasteiger partial charge in [-0.1, -0.05) is 25.7 Å². The molecule has 0 saturated heterocycles. The summed E-state index contributed by atoms with van der Waals surface area (Å²) in [6.45, 7) is 4.32. The molecular weight excluding hydrogens is 238 g/mol. The van der Waals surface area contributed by atoms with E-state index in [0.29, 0.717) is 6.04 Å². The largest absolute Gasteiger partial charge is 0.379 e. The molecule has 0 heterocycles. The molecule has 1 N–H and O–H groups in total. The van der Waals surface area contributed by atoms with Gasteiger partial charge >= 0.3 is 0 Å². The Hall–Kier alpha value is -0.120. The number of methoxy groups -OCH3 is 2. The Bertz CT molecular complexity index is 245. The van der Waals surface area contributed by atoms with Crippen molar-refractivity contribution < 1.29 is 9.47 Å². The van der Waals surface area contributed by atoms with Crippen molar-refractivity contribution in [3.63, 3.8) is 0 Å². The minimum absolute atomic E-state index is 0.0229. The molecule has 1 saturated carbocycles. The molecule has 1 aliphatic carbocycles. The van der Waals surface area contributed by atoms with Crippen LogP contribution in [-0.4, -0.2) is 38.5 Å². The van der Waals surface area contributed by atoms with Gasteiger partial charge in [-0.2, -0.15) is 0 Å². The third-order valence-corrected chi connectivity index (χ3v) is 4.93. The van der Waals surface area contributed by atoms with Gasteiger partial charge in [-0.05, 0) is 46.6 Å². The van der Waals surface area contributed by atoms with Gasteiger partial charge in [0.2, 0.25) is 0 Å². The second-order valence-electron chi connectivity index (χ2n) is 6.53. The van der Waals surface area contributed by atoms with E-state index >= 15 is 0 Å². The van der Waals surface area contributed by atoms with Crippen LogP contribution in [0.3, 0.4) is 0 Å². The molecule has 0 bridgehead atoms. The predicted molar refractivity (Wildman–Crippen MR) is 80.6 cm³/mol. The van der Waals surface area contributed by atoms with Gasteiger partial charge in [0.25, 0.3) is 0 Å². The summed E-state index contributed by atoms with van der Waals surface area (Å²) in [5, 5.41) is 3.51. The quantitative estimate of drug-likeness (QED) is 0.719. The zero-order chi connectivity index (χ0) is 14.4. The van der Waals surface area contributed by atoms with E-state index in [-0.39, 0.29) is 11.2 Å². The second-order valence-corrected chi connectivity index (χ2v) is 6.53. The van der Waals surface area contributed by atoms with Crippen LogP contribution in [-0.2, 0) is 9.47 Å². The minimum atomic E-state index is -0.0469. The molecular formula is C16H33NO2. The van der Waals surface area contributed by atoms with E-state index in [1.54, 1.807) is 7.11 Å². The molecule has 0 aliphatic heterocycles. The van der Waals surface area contributed by atoms with E-state index in [1.165, 1.54) is 38.5 Å². The van der Waals surface area contributed by atoms with Crippen LogP contribution in [0.25, 0.3) is 0 Å². The molecule has 0 aromatic heterocycles. The Morgan fingerprint density at radius 3 is 2.11 bits per heavy atom. The number of ether oxygens (including phenoxy) is 2. The fraction of sp³-hybridized carbons (Fsp3) is 1.00. The molecule has 0 aromatic rings. The summed E-state index contributed by atoms with van der Waals surface area (Å²) >= 11 is 0. The Kier molecular flexibility index (Phi) is 6.78. The maximum atomic E-state index is 6.01. The van der Waals surface area contributed by atoms with Gasteiger partial charge in [0, 0.05) is 20.3 Å². The first-order chi connectivity index (χ1) is 8.99. The lowest BCUT2D eigenvalue weighted by molar-refractivity contribution is -0.0611. The van der Waals surface area contributed by atoms with Crippen molar-refractivity contribution in [3.8, 4) is 0 Å². The van der Waals surface area contributed by atoms with Crippen molar-refractivity contribution in [2.45, 2.75) is 82.5 Å². The second kappa shape index (κ2) is 7.61. The molecule has 0 radical (unpaired) electrons. The first kappa shape index (κ1) is 16.9. The molecule has 0 amide bonds. The summed E-state index contributed by atoms with van der Waals surface area (Å²) in [5.74, 6) is 0. The standard InChI is InChI=1S/C16H33NO2/c1-15(2,18-4)13-10-14(17-3)16(19-5)11-8-6-7-9-12-16/h14,17H,6-13H2,1-5H3. The number of hydrogen-bond donors (Lipinski definition) is 1. The minimum Gasteiger partial charge on any atom is -0.379 e. The molecule has 3 nitrogen and oxygen atoms in total. The molecule has 114 valence electrons. The fourth-order valence-electron chi connectivity index (χ4n) is 3.29. The summed E-state index contributed by atoms with van der Waals surface area (Å²) in [4.78, 5) is 0. The van der Waals surface area contributed by atoms with Crippen molar-refractivity contribution in [1.29, 1.82) is 0 Å². The van der Waals surface area contributed by atoms with Gasteiger partial charge in [-0.25, -0.2) is 0 Å². The van der Waals surface area contributed by atoms with Crippen molar-refractivity contribution >= 4 is 0 Å². The van der Waals surface area contributed by atoms with Crippen LogP contribution in [0.1, 0.15) is 65.2 Å². The summed E-state index contributed by atoms with van der Waals surface area (Å²) in [6, 6.07) is 0.421. The van der Waals surface area contributed by atoms with E-state index in [4.69, 9.17) is 9.47 Å². The van der Waals surface area contributed by atoms with E-state index in [1.807, 2.05) is 7.11 Å². The molecule has 1 rings (SSSR count). The van der Waals surface area contributed by atoms with Gasteiger partial charge < -0.3 is 14.8 Å². The highest BCUT2D eigenvalue weighted by Gasteiger charge is 2.38. The van der Waals surface area contributed by atoms with Gasteiger partial charge in [-0.15, -0.1) is 0 Å². The summed E-state index contributed by atoms with van der Waals surface area (Å²) < 4.78 is 11.5. The summed E-state index contributed by atoms with van der Waals surface area (Å²) in [5.41, 5.74) is -0.0240. The molecule has 1 fully saturated rings. The van der Waals surface area contributed by atoms with Crippen LogP contribution in [0.2, 0.25) is 0 Å². The average molecular weight is 271 g/mol. The maximum absolute atomic E-state index is 6.01. The number of nitrogens with one attached hydrogen (secondary N) is 1. The average Bonchev–Trinajstić information content (AvgIpc) is 2.66. The van der Waals surface area contributed by atoms with Crippen LogP contribution in [0.4, 0.5) is 0 Å². The molecule has 1 aliphatic rings. The summed E-state index contributed by atoms with van der Waals surface area (Å²) in [6.07, 6.45) is 9.81. The molecule has 19 heavy (non-hydrogen) atoms. The van der Waals surface area contributed by atoms with Crippen molar-refractivity contribution in [3.05, 3.63) is 0 Å². The molecule has 1 unspecified atom stereocenters. The molecule has 0 aromatic carbocycles. The van der Waals surface area contributed by atoms with Gasteiger partial charge in [-0.3, -0.25) is 0 Å². The lowest BCUT2D eigenvalue weighted by Gasteiger charge is -2.40. The van der Waals surface area contributed by atoms with Crippen LogP contribution in [0, 0.1) is 0 Å². The van der Waals surface area contributed by atoms with E-state index in [9.17, 15) is 0 Å².